The van der Waals surface area contributed by atoms with E-state index < -0.39 is 0 Å². The molecule has 0 aliphatic heterocycles. The molecular weight excluding hydrogens is 190 g/mol. The standard InChI is InChI=1S/C12H17NO2/c1-4-6-11-10(12(14)15-3)7-9(5-2)8-13-11/h7-8H,4-6H2,1-3H3. The molecule has 0 aliphatic rings. The van der Waals surface area contributed by atoms with Gasteiger partial charge in [0.25, 0.3) is 0 Å². The smallest absolute Gasteiger partial charge is 0.339 e. The lowest BCUT2D eigenvalue weighted by atomic mass is 10.1. The van der Waals surface area contributed by atoms with Crippen molar-refractivity contribution in [1.29, 1.82) is 0 Å². The van der Waals surface area contributed by atoms with E-state index in [9.17, 15) is 4.79 Å². The van der Waals surface area contributed by atoms with Crippen molar-refractivity contribution < 1.29 is 9.53 Å². The predicted octanol–water partition coefficient (Wildman–Crippen LogP) is 2.38. The Balaban J connectivity index is 3.10. The molecule has 0 N–H and O–H groups in total. The minimum atomic E-state index is -0.291. The van der Waals surface area contributed by atoms with Crippen molar-refractivity contribution in [2.75, 3.05) is 7.11 Å². The molecule has 15 heavy (non-hydrogen) atoms. The molecule has 0 fully saturated rings. The number of aromatic nitrogens is 1. The van der Waals surface area contributed by atoms with Crippen molar-refractivity contribution >= 4 is 5.97 Å². The minimum Gasteiger partial charge on any atom is -0.465 e. The first-order chi connectivity index (χ1) is 7.22. The Labute approximate surface area is 90.5 Å². The molecule has 0 atom stereocenters. The lowest BCUT2D eigenvalue weighted by molar-refractivity contribution is 0.0598. The second-order valence-corrected chi connectivity index (χ2v) is 3.43. The average molecular weight is 207 g/mol. The number of esters is 1. The molecule has 0 aliphatic carbocycles. The van der Waals surface area contributed by atoms with Crippen LogP contribution in [-0.4, -0.2) is 18.1 Å². The number of methoxy groups -OCH3 is 1. The van der Waals surface area contributed by atoms with E-state index in [4.69, 9.17) is 4.74 Å². The molecule has 0 aromatic carbocycles. The van der Waals surface area contributed by atoms with E-state index in [-0.39, 0.29) is 5.97 Å². The number of aryl methyl sites for hydroxylation is 2. The van der Waals surface area contributed by atoms with Crippen LogP contribution in [0.1, 0.15) is 41.9 Å². The van der Waals surface area contributed by atoms with E-state index in [0.29, 0.717) is 5.56 Å². The number of carbonyl (C=O) groups excluding carboxylic acids is 1. The number of nitrogens with zero attached hydrogens (tertiary/aromatic N) is 1. The van der Waals surface area contributed by atoms with Crippen LogP contribution in [-0.2, 0) is 17.6 Å². The van der Waals surface area contributed by atoms with Gasteiger partial charge in [-0.3, -0.25) is 4.98 Å². The van der Waals surface area contributed by atoms with Crippen LogP contribution in [0.3, 0.4) is 0 Å². The zero-order chi connectivity index (χ0) is 11.3. The van der Waals surface area contributed by atoms with Gasteiger partial charge in [0.2, 0.25) is 0 Å². The monoisotopic (exact) mass is 207 g/mol. The third-order valence-corrected chi connectivity index (χ3v) is 2.33. The van der Waals surface area contributed by atoms with Gasteiger partial charge >= 0.3 is 5.97 Å². The highest BCUT2D eigenvalue weighted by molar-refractivity contribution is 5.90. The first-order valence-electron chi connectivity index (χ1n) is 5.29. The summed E-state index contributed by atoms with van der Waals surface area (Å²) in [6, 6.07) is 1.88. The fourth-order valence-corrected chi connectivity index (χ4v) is 1.45. The van der Waals surface area contributed by atoms with Gasteiger partial charge in [0.15, 0.2) is 0 Å². The summed E-state index contributed by atoms with van der Waals surface area (Å²) >= 11 is 0. The maximum atomic E-state index is 11.5. The Morgan fingerprint density at radius 1 is 1.47 bits per heavy atom. The van der Waals surface area contributed by atoms with Crippen molar-refractivity contribution in [2.45, 2.75) is 33.1 Å². The SMILES string of the molecule is CCCc1ncc(CC)cc1C(=O)OC. The highest BCUT2D eigenvalue weighted by Gasteiger charge is 2.12. The maximum absolute atomic E-state index is 11.5. The van der Waals surface area contributed by atoms with Crippen LogP contribution in [0.4, 0.5) is 0 Å². The first kappa shape index (κ1) is 11.7. The van der Waals surface area contributed by atoms with Gasteiger partial charge in [0, 0.05) is 6.20 Å². The molecule has 0 saturated heterocycles. The summed E-state index contributed by atoms with van der Waals surface area (Å²) in [5.74, 6) is -0.291. The van der Waals surface area contributed by atoms with Crippen LogP contribution in [0.5, 0.6) is 0 Å². The third kappa shape index (κ3) is 2.78. The highest BCUT2D eigenvalue weighted by Crippen LogP contribution is 2.12. The molecule has 3 nitrogen and oxygen atoms in total. The summed E-state index contributed by atoms with van der Waals surface area (Å²) in [7, 11) is 1.40. The zero-order valence-corrected chi connectivity index (χ0v) is 9.54. The lowest BCUT2D eigenvalue weighted by Crippen LogP contribution is -2.08. The van der Waals surface area contributed by atoms with E-state index in [1.165, 1.54) is 7.11 Å². The highest BCUT2D eigenvalue weighted by atomic mass is 16.5. The lowest BCUT2D eigenvalue weighted by Gasteiger charge is -2.07. The largest absolute Gasteiger partial charge is 0.465 e. The van der Waals surface area contributed by atoms with Gasteiger partial charge in [-0.2, -0.15) is 0 Å². The molecule has 82 valence electrons. The van der Waals surface area contributed by atoms with Crippen LogP contribution >= 0.6 is 0 Å². The molecule has 0 saturated carbocycles. The Morgan fingerprint density at radius 2 is 2.20 bits per heavy atom. The maximum Gasteiger partial charge on any atom is 0.339 e. The molecule has 0 bridgehead atoms. The summed E-state index contributed by atoms with van der Waals surface area (Å²) < 4.78 is 4.74. The Hall–Kier alpha value is -1.38. The van der Waals surface area contributed by atoms with Gasteiger partial charge in [-0.15, -0.1) is 0 Å². The Bertz CT molecular complexity index is 347. The van der Waals surface area contributed by atoms with Crippen molar-refractivity contribution in [1.82, 2.24) is 4.98 Å². The molecule has 0 radical (unpaired) electrons. The second-order valence-electron chi connectivity index (χ2n) is 3.43. The summed E-state index contributed by atoms with van der Waals surface area (Å²) in [6.07, 6.45) is 4.50. The minimum absolute atomic E-state index is 0.291. The van der Waals surface area contributed by atoms with Crippen molar-refractivity contribution in [2.24, 2.45) is 0 Å². The van der Waals surface area contributed by atoms with Gasteiger partial charge in [-0.1, -0.05) is 20.3 Å². The quantitative estimate of drug-likeness (QED) is 0.711. The van der Waals surface area contributed by atoms with Gasteiger partial charge in [-0.25, -0.2) is 4.79 Å². The van der Waals surface area contributed by atoms with Crippen molar-refractivity contribution in [3.05, 3.63) is 29.1 Å². The number of ether oxygens (including phenoxy) is 1. The molecule has 0 spiro atoms. The van der Waals surface area contributed by atoms with Gasteiger partial charge < -0.3 is 4.74 Å². The van der Waals surface area contributed by atoms with Crippen molar-refractivity contribution in [3.63, 3.8) is 0 Å². The van der Waals surface area contributed by atoms with Crippen LogP contribution in [0, 0.1) is 0 Å². The zero-order valence-electron chi connectivity index (χ0n) is 9.54. The molecule has 0 unspecified atom stereocenters. The second kappa shape index (κ2) is 5.49. The molecule has 1 aromatic rings. The van der Waals surface area contributed by atoms with Gasteiger partial charge in [-0.05, 0) is 24.5 Å². The molecule has 1 aromatic heterocycles. The molecule has 3 heteroatoms. The van der Waals surface area contributed by atoms with E-state index in [2.05, 4.69) is 11.9 Å². The fraction of sp³-hybridized carbons (Fsp3) is 0.500. The number of rotatable bonds is 4. The summed E-state index contributed by atoms with van der Waals surface area (Å²) in [4.78, 5) is 15.8. The van der Waals surface area contributed by atoms with E-state index in [1.807, 2.05) is 19.2 Å². The third-order valence-electron chi connectivity index (χ3n) is 2.33. The predicted molar refractivity (Wildman–Crippen MR) is 58.9 cm³/mol. The van der Waals surface area contributed by atoms with E-state index in [1.54, 1.807) is 0 Å². The van der Waals surface area contributed by atoms with E-state index in [0.717, 1.165) is 30.5 Å². The average Bonchev–Trinajstić information content (AvgIpc) is 2.29. The Morgan fingerprint density at radius 3 is 2.73 bits per heavy atom. The number of hydrogen-bond donors (Lipinski definition) is 0. The summed E-state index contributed by atoms with van der Waals surface area (Å²) in [6.45, 7) is 4.11. The van der Waals surface area contributed by atoms with Gasteiger partial charge in [0.05, 0.1) is 18.4 Å². The Kier molecular flexibility index (Phi) is 4.28. The van der Waals surface area contributed by atoms with Crippen LogP contribution < -0.4 is 0 Å². The van der Waals surface area contributed by atoms with E-state index >= 15 is 0 Å². The number of pyridine rings is 1. The fourth-order valence-electron chi connectivity index (χ4n) is 1.45. The first-order valence-corrected chi connectivity index (χ1v) is 5.29. The molecule has 1 rings (SSSR count). The normalized spacial score (nSPS) is 10.1. The van der Waals surface area contributed by atoms with Crippen LogP contribution in [0.15, 0.2) is 12.3 Å². The molecule has 0 amide bonds. The number of hydrogen-bond acceptors (Lipinski definition) is 3. The molecular formula is C12H17NO2. The number of carbonyl (C=O) groups is 1. The van der Waals surface area contributed by atoms with Crippen molar-refractivity contribution in [3.8, 4) is 0 Å². The van der Waals surface area contributed by atoms with Crippen LogP contribution in [0.2, 0.25) is 0 Å². The summed E-state index contributed by atoms with van der Waals surface area (Å²) in [5.41, 5.74) is 2.51. The van der Waals surface area contributed by atoms with Crippen LogP contribution in [0.25, 0.3) is 0 Å². The van der Waals surface area contributed by atoms with Gasteiger partial charge in [0.1, 0.15) is 0 Å². The topological polar surface area (TPSA) is 39.2 Å². The summed E-state index contributed by atoms with van der Waals surface area (Å²) in [5, 5.41) is 0. The molecule has 1 heterocycles.